The number of rotatable bonds is 4. The highest BCUT2D eigenvalue weighted by Gasteiger charge is 2.26. The van der Waals surface area contributed by atoms with E-state index in [4.69, 9.17) is 4.74 Å². The fourth-order valence-electron chi connectivity index (χ4n) is 2.53. The molecule has 0 radical (unpaired) electrons. The van der Waals surface area contributed by atoms with Crippen LogP contribution in [-0.2, 0) is 0 Å². The average Bonchev–Trinajstić information content (AvgIpc) is 2.84. The zero-order chi connectivity index (χ0) is 11.4. The molecule has 1 aromatic carbocycles. The van der Waals surface area contributed by atoms with Gasteiger partial charge in [0.25, 0.3) is 0 Å². The lowest BCUT2D eigenvalue weighted by atomic mass is 9.92. The number of methoxy groups -OCH3 is 1. The van der Waals surface area contributed by atoms with Gasteiger partial charge in [-0.15, -0.1) is 0 Å². The Morgan fingerprint density at radius 3 is 2.88 bits per heavy atom. The molecule has 1 saturated heterocycles. The van der Waals surface area contributed by atoms with Gasteiger partial charge in [0, 0.05) is 11.6 Å². The summed E-state index contributed by atoms with van der Waals surface area (Å²) in [7, 11) is 3.76. The van der Waals surface area contributed by atoms with Crippen molar-refractivity contribution in [2.24, 2.45) is 5.92 Å². The van der Waals surface area contributed by atoms with E-state index in [1.165, 1.54) is 12.0 Å². The van der Waals surface area contributed by atoms with E-state index in [0.29, 0.717) is 12.0 Å². The number of benzene rings is 1. The maximum Gasteiger partial charge on any atom is 0.123 e. The topological polar surface area (TPSA) is 33.3 Å². The number of hydrogen-bond acceptors (Lipinski definition) is 3. The van der Waals surface area contributed by atoms with Gasteiger partial charge in [-0.3, -0.25) is 0 Å². The van der Waals surface area contributed by atoms with Crippen LogP contribution in [0.5, 0.6) is 5.75 Å². The molecule has 1 aromatic rings. The Labute approximate surface area is 97.2 Å². The molecule has 0 saturated carbocycles. The molecule has 0 bridgehead atoms. The van der Waals surface area contributed by atoms with Crippen LogP contribution in [0, 0.1) is 5.92 Å². The van der Waals surface area contributed by atoms with E-state index >= 15 is 0 Å². The van der Waals surface area contributed by atoms with Gasteiger partial charge < -0.3 is 15.4 Å². The lowest BCUT2D eigenvalue weighted by Crippen LogP contribution is -2.27. The lowest BCUT2D eigenvalue weighted by molar-refractivity contribution is 0.370. The van der Waals surface area contributed by atoms with Crippen LogP contribution >= 0.6 is 0 Å². The molecule has 0 aliphatic carbocycles. The molecule has 2 unspecified atom stereocenters. The molecule has 0 amide bonds. The first-order chi connectivity index (χ1) is 7.86. The highest BCUT2D eigenvalue weighted by molar-refractivity contribution is 5.36. The Hall–Kier alpha value is -1.06. The van der Waals surface area contributed by atoms with Gasteiger partial charge in [0.15, 0.2) is 0 Å². The summed E-state index contributed by atoms with van der Waals surface area (Å²) < 4.78 is 5.43. The van der Waals surface area contributed by atoms with Gasteiger partial charge in [-0.25, -0.2) is 0 Å². The van der Waals surface area contributed by atoms with Crippen LogP contribution < -0.4 is 15.4 Å². The summed E-state index contributed by atoms with van der Waals surface area (Å²) in [4.78, 5) is 0. The SMILES string of the molecule is CNC(c1ccccc1OC)C1CCNC1. The lowest BCUT2D eigenvalue weighted by Gasteiger charge is -2.24. The Kier molecular flexibility index (Phi) is 3.80. The van der Waals surface area contributed by atoms with Crippen LogP contribution in [-0.4, -0.2) is 27.2 Å². The molecule has 3 nitrogen and oxygen atoms in total. The third-order valence-corrected chi connectivity index (χ3v) is 3.35. The van der Waals surface area contributed by atoms with Crippen LogP contribution in [0.2, 0.25) is 0 Å². The maximum absolute atomic E-state index is 5.43. The summed E-state index contributed by atoms with van der Waals surface area (Å²) in [5.41, 5.74) is 1.27. The van der Waals surface area contributed by atoms with E-state index in [1.807, 2.05) is 19.2 Å². The molecule has 3 heteroatoms. The minimum absolute atomic E-state index is 0.381. The van der Waals surface area contributed by atoms with Crippen LogP contribution in [0.1, 0.15) is 18.0 Å². The molecule has 1 fully saturated rings. The fourth-order valence-corrected chi connectivity index (χ4v) is 2.53. The normalized spacial score (nSPS) is 22.0. The Morgan fingerprint density at radius 2 is 2.25 bits per heavy atom. The Morgan fingerprint density at radius 1 is 1.44 bits per heavy atom. The number of ether oxygens (including phenoxy) is 1. The summed E-state index contributed by atoms with van der Waals surface area (Å²) in [6.07, 6.45) is 1.23. The second-order valence-electron chi connectivity index (χ2n) is 4.26. The molecular weight excluding hydrogens is 200 g/mol. The van der Waals surface area contributed by atoms with Crippen LogP contribution in [0.3, 0.4) is 0 Å². The van der Waals surface area contributed by atoms with Crippen LogP contribution in [0.25, 0.3) is 0 Å². The fraction of sp³-hybridized carbons (Fsp3) is 0.538. The molecule has 1 aliphatic heterocycles. The molecule has 2 N–H and O–H groups in total. The number of hydrogen-bond donors (Lipinski definition) is 2. The molecule has 1 aliphatic rings. The molecule has 0 aromatic heterocycles. The van der Waals surface area contributed by atoms with E-state index in [2.05, 4.69) is 22.8 Å². The molecule has 1 heterocycles. The molecular formula is C13H20N2O. The Balaban J connectivity index is 2.24. The van der Waals surface area contributed by atoms with Gasteiger partial charge in [-0.1, -0.05) is 18.2 Å². The maximum atomic E-state index is 5.43. The first kappa shape index (κ1) is 11.4. The molecule has 0 spiro atoms. The van der Waals surface area contributed by atoms with Crippen molar-refractivity contribution >= 4 is 0 Å². The first-order valence-corrected chi connectivity index (χ1v) is 5.87. The average molecular weight is 220 g/mol. The summed E-state index contributed by atoms with van der Waals surface area (Å²) in [5, 5.41) is 6.83. The standard InChI is InChI=1S/C13H20N2O/c1-14-13(10-7-8-15-9-10)11-5-3-4-6-12(11)16-2/h3-6,10,13-15H,7-9H2,1-2H3. The largest absolute Gasteiger partial charge is 0.496 e. The van der Waals surface area contributed by atoms with Gasteiger partial charge in [-0.2, -0.15) is 0 Å². The molecule has 88 valence electrons. The quantitative estimate of drug-likeness (QED) is 0.808. The minimum atomic E-state index is 0.381. The first-order valence-electron chi connectivity index (χ1n) is 5.87. The van der Waals surface area contributed by atoms with Crippen molar-refractivity contribution in [1.29, 1.82) is 0 Å². The monoisotopic (exact) mass is 220 g/mol. The predicted molar refractivity (Wildman–Crippen MR) is 65.8 cm³/mol. The number of nitrogens with one attached hydrogen (secondary N) is 2. The van der Waals surface area contributed by atoms with Crippen LogP contribution in [0.15, 0.2) is 24.3 Å². The van der Waals surface area contributed by atoms with E-state index in [1.54, 1.807) is 7.11 Å². The van der Waals surface area contributed by atoms with Crippen molar-refractivity contribution < 1.29 is 4.74 Å². The second kappa shape index (κ2) is 5.32. The molecule has 2 rings (SSSR count). The van der Waals surface area contributed by atoms with Crippen molar-refractivity contribution in [3.8, 4) is 5.75 Å². The van der Waals surface area contributed by atoms with Crippen molar-refractivity contribution in [3.63, 3.8) is 0 Å². The van der Waals surface area contributed by atoms with E-state index in [9.17, 15) is 0 Å². The van der Waals surface area contributed by atoms with Gasteiger partial charge in [-0.05, 0) is 38.5 Å². The van der Waals surface area contributed by atoms with E-state index < -0.39 is 0 Å². The summed E-state index contributed by atoms with van der Waals surface area (Å²) in [6.45, 7) is 2.21. The van der Waals surface area contributed by atoms with Gasteiger partial charge in [0.05, 0.1) is 7.11 Å². The molecule has 2 atom stereocenters. The summed E-state index contributed by atoms with van der Waals surface area (Å²) in [6, 6.07) is 8.65. The van der Waals surface area contributed by atoms with Crippen molar-refractivity contribution in [1.82, 2.24) is 10.6 Å². The smallest absolute Gasteiger partial charge is 0.123 e. The van der Waals surface area contributed by atoms with Gasteiger partial charge in [0.2, 0.25) is 0 Å². The highest BCUT2D eigenvalue weighted by Crippen LogP contribution is 2.32. The highest BCUT2D eigenvalue weighted by atomic mass is 16.5. The van der Waals surface area contributed by atoms with Crippen LogP contribution in [0.4, 0.5) is 0 Å². The number of para-hydroxylation sites is 1. The van der Waals surface area contributed by atoms with Gasteiger partial charge >= 0.3 is 0 Å². The van der Waals surface area contributed by atoms with E-state index in [-0.39, 0.29) is 0 Å². The zero-order valence-corrected chi connectivity index (χ0v) is 9.99. The molecule has 16 heavy (non-hydrogen) atoms. The minimum Gasteiger partial charge on any atom is -0.496 e. The third-order valence-electron chi connectivity index (χ3n) is 3.35. The Bertz CT molecular complexity index is 334. The third kappa shape index (κ3) is 2.20. The second-order valence-corrected chi connectivity index (χ2v) is 4.26. The van der Waals surface area contributed by atoms with Crippen molar-refractivity contribution in [2.45, 2.75) is 12.5 Å². The summed E-state index contributed by atoms with van der Waals surface area (Å²) >= 11 is 0. The van der Waals surface area contributed by atoms with Crippen molar-refractivity contribution in [2.75, 3.05) is 27.2 Å². The zero-order valence-electron chi connectivity index (χ0n) is 9.99. The van der Waals surface area contributed by atoms with E-state index in [0.717, 1.165) is 18.8 Å². The van der Waals surface area contributed by atoms with Crippen molar-refractivity contribution in [3.05, 3.63) is 29.8 Å². The van der Waals surface area contributed by atoms with Gasteiger partial charge in [0.1, 0.15) is 5.75 Å². The summed E-state index contributed by atoms with van der Waals surface area (Å²) in [5.74, 6) is 1.63. The predicted octanol–water partition coefficient (Wildman–Crippen LogP) is 1.57.